The third kappa shape index (κ3) is 5.20. The lowest BCUT2D eigenvalue weighted by atomic mass is 10.1. The van der Waals surface area contributed by atoms with Crippen molar-refractivity contribution in [3.63, 3.8) is 0 Å². The Hall–Kier alpha value is -2.66. The third-order valence-corrected chi connectivity index (χ3v) is 5.14. The lowest BCUT2D eigenvalue weighted by Gasteiger charge is -2.27. The summed E-state index contributed by atoms with van der Waals surface area (Å²) < 4.78 is 0. The van der Waals surface area contributed by atoms with Crippen molar-refractivity contribution in [2.24, 2.45) is 0 Å². The average molecular weight is 383 g/mol. The van der Waals surface area contributed by atoms with Gasteiger partial charge in [0.2, 0.25) is 0 Å². The molecule has 2 rings (SSSR count). The normalized spacial score (nSPS) is 12.9. The zero-order valence-corrected chi connectivity index (χ0v) is 17.8. The summed E-state index contributed by atoms with van der Waals surface area (Å²) in [4.78, 5) is 28.2. The predicted octanol–water partition coefficient (Wildman–Crippen LogP) is 2.51. The van der Waals surface area contributed by atoms with Crippen LogP contribution >= 0.6 is 0 Å². The number of hydrogen-bond acceptors (Lipinski definition) is 2. The van der Waals surface area contributed by atoms with Crippen LogP contribution in [0.5, 0.6) is 0 Å². The maximum Gasteiger partial charge on any atom is 0.284 e. The van der Waals surface area contributed by atoms with Gasteiger partial charge in [-0.25, -0.2) is 0 Å². The first-order valence-electron chi connectivity index (χ1n) is 9.81. The molecule has 1 unspecified atom stereocenters. The van der Waals surface area contributed by atoms with E-state index < -0.39 is 0 Å². The molecule has 0 aromatic heterocycles. The van der Waals surface area contributed by atoms with Crippen LogP contribution in [0, 0.1) is 20.8 Å². The molecule has 28 heavy (non-hydrogen) atoms. The Labute approximate surface area is 168 Å². The molecule has 0 bridgehead atoms. The van der Waals surface area contributed by atoms with Crippen molar-refractivity contribution in [2.45, 2.75) is 40.7 Å². The number of nitrogens with one attached hydrogen (secondary N) is 2. The molecule has 0 heterocycles. The van der Waals surface area contributed by atoms with Gasteiger partial charge >= 0.3 is 0 Å². The van der Waals surface area contributed by atoms with E-state index in [4.69, 9.17) is 0 Å². The molecule has 0 fully saturated rings. The van der Waals surface area contributed by atoms with Gasteiger partial charge in [0.25, 0.3) is 11.8 Å². The predicted molar refractivity (Wildman–Crippen MR) is 115 cm³/mol. The second-order valence-corrected chi connectivity index (χ2v) is 7.48. The number of amides is 2. The highest BCUT2D eigenvalue weighted by Crippen LogP contribution is 2.21. The van der Waals surface area contributed by atoms with Crippen molar-refractivity contribution in [2.75, 3.05) is 30.4 Å². The molecule has 0 aliphatic heterocycles. The molecule has 150 valence electrons. The molecule has 5 nitrogen and oxygen atoms in total. The van der Waals surface area contributed by atoms with Crippen LogP contribution in [0.25, 0.3) is 0 Å². The topological polar surface area (TPSA) is 53.9 Å². The van der Waals surface area contributed by atoms with Gasteiger partial charge in [0, 0.05) is 17.9 Å². The van der Waals surface area contributed by atoms with Gasteiger partial charge in [-0.15, -0.1) is 0 Å². The van der Waals surface area contributed by atoms with Gasteiger partial charge in [-0.3, -0.25) is 9.59 Å². The zero-order chi connectivity index (χ0) is 20.8. The third-order valence-electron chi connectivity index (χ3n) is 5.14. The second kappa shape index (κ2) is 9.51. The number of rotatable bonds is 7. The minimum Gasteiger partial charge on any atom is -0.321 e. The molecule has 0 saturated carbocycles. The molecule has 2 amide bonds. The summed E-state index contributed by atoms with van der Waals surface area (Å²) in [6, 6.07) is 13.4. The Bertz CT molecular complexity index is 810. The summed E-state index contributed by atoms with van der Waals surface area (Å²) in [5.41, 5.74) is 5.02. The summed E-state index contributed by atoms with van der Waals surface area (Å²) in [6.07, 6.45) is 0. The van der Waals surface area contributed by atoms with Crippen LogP contribution in [0.2, 0.25) is 0 Å². The van der Waals surface area contributed by atoms with E-state index in [0.717, 1.165) is 27.4 Å². The van der Waals surface area contributed by atoms with E-state index in [-0.39, 0.29) is 24.4 Å². The first-order valence-corrected chi connectivity index (χ1v) is 9.81. The lowest BCUT2D eigenvalue weighted by molar-refractivity contribution is -0.885. The number of nitrogens with zero attached hydrogens (tertiary/aromatic N) is 1. The number of carbonyl (C=O) groups excluding carboxylic acids is 2. The number of hydrogen-bond donors (Lipinski definition) is 2. The molecule has 0 aliphatic carbocycles. The van der Waals surface area contributed by atoms with E-state index in [2.05, 4.69) is 17.4 Å². The second-order valence-electron chi connectivity index (χ2n) is 7.48. The molecule has 2 aromatic carbocycles. The lowest BCUT2D eigenvalue weighted by Crippen LogP contribution is -3.15. The Morgan fingerprint density at radius 1 is 1.07 bits per heavy atom. The molecular weight excluding hydrogens is 350 g/mol. The van der Waals surface area contributed by atoms with Crippen molar-refractivity contribution in [3.05, 3.63) is 59.2 Å². The van der Waals surface area contributed by atoms with E-state index in [1.54, 1.807) is 4.90 Å². The Morgan fingerprint density at radius 2 is 1.64 bits per heavy atom. The van der Waals surface area contributed by atoms with Crippen LogP contribution in [0.1, 0.15) is 30.5 Å². The first kappa shape index (κ1) is 21.6. The first-order chi connectivity index (χ1) is 13.2. The molecule has 5 heteroatoms. The number of likely N-dealkylation sites (N-methyl/N-ethyl adjacent to an activating group) is 2. The summed E-state index contributed by atoms with van der Waals surface area (Å²) in [5.74, 6) is -0.0725. The van der Waals surface area contributed by atoms with E-state index >= 15 is 0 Å². The molecular formula is C23H32N3O2+. The smallest absolute Gasteiger partial charge is 0.284 e. The molecule has 2 N–H and O–H groups in total. The van der Waals surface area contributed by atoms with Crippen LogP contribution < -0.4 is 15.1 Å². The van der Waals surface area contributed by atoms with Gasteiger partial charge in [-0.05, 0) is 57.9 Å². The van der Waals surface area contributed by atoms with E-state index in [1.807, 2.05) is 72.0 Å². The highest BCUT2D eigenvalue weighted by atomic mass is 16.2. The van der Waals surface area contributed by atoms with Crippen LogP contribution in [0.15, 0.2) is 42.5 Å². The molecule has 0 aliphatic rings. The molecule has 2 aromatic rings. The monoisotopic (exact) mass is 382 g/mol. The van der Waals surface area contributed by atoms with Gasteiger partial charge in [-0.1, -0.05) is 35.9 Å². The van der Waals surface area contributed by atoms with Crippen molar-refractivity contribution in [3.8, 4) is 0 Å². The fourth-order valence-electron chi connectivity index (χ4n) is 3.49. The highest BCUT2D eigenvalue weighted by Gasteiger charge is 2.28. The molecule has 0 radical (unpaired) electrons. The Morgan fingerprint density at radius 3 is 2.18 bits per heavy atom. The minimum absolute atomic E-state index is 0.0155. The summed E-state index contributed by atoms with van der Waals surface area (Å²) >= 11 is 0. The van der Waals surface area contributed by atoms with Crippen molar-refractivity contribution in [1.82, 2.24) is 0 Å². The standard InChI is InChI=1S/C23H31N3O2/c1-7-26(20-11-9-8-10-12-20)23(28)19(5)25(6)15-21(27)24-22-17(3)13-16(2)14-18(22)4/h8-14,19H,7,15H2,1-6H3,(H,24,27)/p+1/t19-/m0/s1. The van der Waals surface area contributed by atoms with Crippen LogP contribution in [-0.2, 0) is 9.59 Å². The summed E-state index contributed by atoms with van der Waals surface area (Å²) in [5, 5.41) is 3.02. The zero-order valence-electron chi connectivity index (χ0n) is 17.8. The number of anilines is 2. The van der Waals surface area contributed by atoms with Crippen molar-refractivity contribution < 1.29 is 14.5 Å². The fourth-order valence-corrected chi connectivity index (χ4v) is 3.49. The number of quaternary nitrogens is 1. The summed E-state index contributed by atoms with van der Waals surface area (Å²) in [6.45, 7) is 10.7. The van der Waals surface area contributed by atoms with E-state index in [9.17, 15) is 9.59 Å². The quantitative estimate of drug-likeness (QED) is 0.773. The van der Waals surface area contributed by atoms with Crippen LogP contribution in [-0.4, -0.2) is 38.0 Å². The van der Waals surface area contributed by atoms with E-state index in [0.29, 0.717) is 6.54 Å². The number of aryl methyl sites for hydroxylation is 3. The minimum atomic E-state index is -0.328. The molecule has 2 atom stereocenters. The van der Waals surface area contributed by atoms with Crippen molar-refractivity contribution >= 4 is 23.2 Å². The molecule has 0 saturated heterocycles. The largest absolute Gasteiger partial charge is 0.321 e. The van der Waals surface area contributed by atoms with Crippen LogP contribution in [0.3, 0.4) is 0 Å². The van der Waals surface area contributed by atoms with Gasteiger partial charge in [0.1, 0.15) is 0 Å². The van der Waals surface area contributed by atoms with Gasteiger partial charge in [0.05, 0.1) is 7.05 Å². The number of para-hydroxylation sites is 1. The fraction of sp³-hybridized carbons (Fsp3) is 0.391. The molecule has 0 spiro atoms. The maximum atomic E-state index is 13.0. The van der Waals surface area contributed by atoms with Gasteiger partial charge in [-0.2, -0.15) is 0 Å². The number of carbonyl (C=O) groups is 2. The Balaban J connectivity index is 2.04. The van der Waals surface area contributed by atoms with E-state index in [1.165, 1.54) is 5.56 Å². The van der Waals surface area contributed by atoms with Crippen molar-refractivity contribution in [1.29, 1.82) is 0 Å². The average Bonchev–Trinajstić information content (AvgIpc) is 2.65. The van der Waals surface area contributed by atoms with Gasteiger partial charge in [0.15, 0.2) is 12.6 Å². The van der Waals surface area contributed by atoms with Gasteiger partial charge < -0.3 is 15.1 Å². The highest BCUT2D eigenvalue weighted by molar-refractivity contribution is 5.96. The Kier molecular flexibility index (Phi) is 7.35. The maximum absolute atomic E-state index is 13.0. The number of benzene rings is 2. The SMILES string of the molecule is CCN(C(=O)[C@H](C)[NH+](C)CC(=O)Nc1c(C)cc(C)cc1C)c1ccccc1. The van der Waals surface area contributed by atoms with Crippen LogP contribution in [0.4, 0.5) is 11.4 Å². The summed E-state index contributed by atoms with van der Waals surface area (Å²) in [7, 11) is 1.88.